The topological polar surface area (TPSA) is 29.5 Å². The number of nitrogens with zero attached hydrogens (tertiary/aromatic N) is 1. The molecule has 2 aromatic carbocycles. The van der Waals surface area contributed by atoms with Crippen LogP contribution in [0.2, 0.25) is 0 Å². The second kappa shape index (κ2) is 7.74. The van der Waals surface area contributed by atoms with Gasteiger partial charge < -0.3 is 9.64 Å². The third kappa shape index (κ3) is 4.23. The summed E-state index contributed by atoms with van der Waals surface area (Å²) in [7, 11) is 0. The molecule has 2 aromatic rings. The number of ether oxygens (including phenoxy) is 1. The van der Waals surface area contributed by atoms with Crippen molar-refractivity contribution in [1.82, 2.24) is 4.90 Å². The molecule has 1 aliphatic rings. The molecule has 1 aliphatic heterocycles. The Morgan fingerprint density at radius 2 is 1.96 bits per heavy atom. The molecule has 0 bridgehead atoms. The fourth-order valence-corrected chi connectivity index (χ4v) is 3.09. The fraction of sp³-hybridized carbons (Fsp3) is 0.350. The number of aryl methyl sites for hydroxylation is 1. The summed E-state index contributed by atoms with van der Waals surface area (Å²) in [6.07, 6.45) is 0.335. The number of rotatable bonds is 4. The maximum absolute atomic E-state index is 14.1. The van der Waals surface area contributed by atoms with Crippen molar-refractivity contribution in [2.75, 3.05) is 19.7 Å². The van der Waals surface area contributed by atoms with E-state index in [2.05, 4.69) is 0 Å². The summed E-state index contributed by atoms with van der Waals surface area (Å²) < 4.78 is 33.7. The summed E-state index contributed by atoms with van der Waals surface area (Å²) in [6, 6.07) is 12.5. The van der Waals surface area contributed by atoms with Crippen LogP contribution in [0.25, 0.3) is 0 Å². The van der Waals surface area contributed by atoms with Crippen LogP contribution < -0.4 is 0 Å². The van der Waals surface area contributed by atoms with Gasteiger partial charge in [-0.15, -0.1) is 0 Å². The van der Waals surface area contributed by atoms with Crippen molar-refractivity contribution in [3.63, 3.8) is 0 Å². The van der Waals surface area contributed by atoms with Crippen molar-refractivity contribution < 1.29 is 18.3 Å². The van der Waals surface area contributed by atoms with Crippen molar-refractivity contribution in [3.05, 3.63) is 70.8 Å². The second-order valence-corrected chi connectivity index (χ2v) is 6.36. The van der Waals surface area contributed by atoms with Gasteiger partial charge in [0, 0.05) is 25.1 Å². The lowest BCUT2D eigenvalue weighted by Crippen LogP contribution is -2.47. The highest BCUT2D eigenvalue weighted by Gasteiger charge is 2.26. The number of benzene rings is 2. The first-order valence-corrected chi connectivity index (χ1v) is 8.41. The Labute approximate surface area is 146 Å². The number of amides is 1. The van der Waals surface area contributed by atoms with E-state index in [1.54, 1.807) is 11.8 Å². The number of hydrogen-bond acceptors (Lipinski definition) is 2. The molecule has 25 heavy (non-hydrogen) atoms. The molecule has 1 amide bonds. The summed E-state index contributed by atoms with van der Waals surface area (Å²) in [5, 5.41) is 0. The minimum atomic E-state index is -0.675. The van der Waals surface area contributed by atoms with Crippen molar-refractivity contribution >= 4 is 5.91 Å². The summed E-state index contributed by atoms with van der Waals surface area (Å²) in [5.74, 6) is -1.59. The van der Waals surface area contributed by atoms with Gasteiger partial charge >= 0.3 is 0 Å². The van der Waals surface area contributed by atoms with Gasteiger partial charge in [-0.1, -0.05) is 36.4 Å². The fourth-order valence-electron chi connectivity index (χ4n) is 3.09. The first-order valence-electron chi connectivity index (χ1n) is 8.41. The number of hydrogen-bond donors (Lipinski definition) is 0. The zero-order valence-electron chi connectivity index (χ0n) is 14.2. The molecule has 3 rings (SSSR count). The Morgan fingerprint density at radius 3 is 2.72 bits per heavy atom. The Kier molecular flexibility index (Phi) is 5.43. The zero-order valence-corrected chi connectivity index (χ0v) is 14.2. The molecule has 0 aliphatic carbocycles. The van der Waals surface area contributed by atoms with E-state index in [-0.39, 0.29) is 24.0 Å². The monoisotopic (exact) mass is 345 g/mol. The highest BCUT2D eigenvalue weighted by Crippen LogP contribution is 2.19. The van der Waals surface area contributed by atoms with E-state index in [0.29, 0.717) is 31.7 Å². The third-order valence-electron chi connectivity index (χ3n) is 4.50. The van der Waals surface area contributed by atoms with Crippen LogP contribution in [-0.2, 0) is 22.4 Å². The average Bonchev–Trinajstić information content (AvgIpc) is 2.63. The van der Waals surface area contributed by atoms with Gasteiger partial charge in [0.1, 0.15) is 11.6 Å². The first kappa shape index (κ1) is 17.5. The molecule has 1 atom stereocenters. The molecular formula is C20H21F2NO2. The minimum Gasteiger partial charge on any atom is -0.374 e. The molecule has 132 valence electrons. The van der Waals surface area contributed by atoms with Gasteiger partial charge in [0.15, 0.2) is 0 Å². The van der Waals surface area contributed by atoms with Gasteiger partial charge in [-0.05, 0) is 24.1 Å². The lowest BCUT2D eigenvalue weighted by atomic mass is 10.0. The maximum Gasteiger partial charge on any atom is 0.227 e. The Balaban J connectivity index is 1.65. The molecule has 0 N–H and O–H groups in total. The van der Waals surface area contributed by atoms with Crippen LogP contribution in [-0.4, -0.2) is 36.6 Å². The van der Waals surface area contributed by atoms with E-state index in [4.69, 9.17) is 4.74 Å². The van der Waals surface area contributed by atoms with Gasteiger partial charge in [-0.25, -0.2) is 8.78 Å². The molecule has 1 unspecified atom stereocenters. The van der Waals surface area contributed by atoms with Gasteiger partial charge in [0.2, 0.25) is 5.91 Å². The summed E-state index contributed by atoms with van der Waals surface area (Å²) in [4.78, 5) is 14.2. The Bertz CT molecular complexity index is 749. The average molecular weight is 345 g/mol. The number of halogens is 2. The van der Waals surface area contributed by atoms with Gasteiger partial charge in [-0.2, -0.15) is 0 Å². The van der Waals surface area contributed by atoms with Crippen LogP contribution in [0.3, 0.4) is 0 Å². The van der Waals surface area contributed by atoms with Gasteiger partial charge in [0.05, 0.1) is 19.1 Å². The van der Waals surface area contributed by atoms with Crippen LogP contribution in [0.5, 0.6) is 0 Å². The predicted molar refractivity (Wildman–Crippen MR) is 91.3 cm³/mol. The van der Waals surface area contributed by atoms with Crippen molar-refractivity contribution in [2.45, 2.75) is 25.9 Å². The molecule has 0 saturated carbocycles. The molecule has 0 spiro atoms. The number of carbonyl (C=O) groups excluding carboxylic acids is 1. The van der Waals surface area contributed by atoms with Crippen LogP contribution in [0.4, 0.5) is 8.78 Å². The third-order valence-corrected chi connectivity index (χ3v) is 4.50. The van der Waals surface area contributed by atoms with Crippen LogP contribution in [0.1, 0.15) is 16.7 Å². The van der Waals surface area contributed by atoms with Crippen LogP contribution in [0.15, 0.2) is 42.5 Å². The molecule has 3 nitrogen and oxygen atoms in total. The van der Waals surface area contributed by atoms with E-state index >= 15 is 0 Å². The largest absolute Gasteiger partial charge is 0.374 e. The molecule has 0 radical (unpaired) electrons. The van der Waals surface area contributed by atoms with Crippen LogP contribution >= 0.6 is 0 Å². The predicted octanol–water partition coefficient (Wildman–Crippen LogP) is 3.29. The summed E-state index contributed by atoms with van der Waals surface area (Å²) in [6.45, 7) is 2.87. The highest BCUT2D eigenvalue weighted by molar-refractivity contribution is 5.79. The molecule has 0 aromatic heterocycles. The normalized spacial score (nSPS) is 17.6. The minimum absolute atomic E-state index is 0.104. The van der Waals surface area contributed by atoms with Gasteiger partial charge in [-0.3, -0.25) is 4.79 Å². The molecule has 1 heterocycles. The summed E-state index contributed by atoms with van der Waals surface area (Å²) in [5.41, 5.74) is 1.32. The SMILES string of the molecule is Cc1ccc(F)c(CC(=O)N2CCOC(Cc3ccccc3)C2)c1F. The van der Waals surface area contributed by atoms with E-state index in [0.717, 1.165) is 5.56 Å². The quantitative estimate of drug-likeness (QED) is 0.851. The Morgan fingerprint density at radius 1 is 1.20 bits per heavy atom. The van der Waals surface area contributed by atoms with Gasteiger partial charge in [0.25, 0.3) is 0 Å². The van der Waals surface area contributed by atoms with E-state index in [1.807, 2.05) is 30.3 Å². The van der Waals surface area contributed by atoms with Crippen molar-refractivity contribution in [3.8, 4) is 0 Å². The smallest absolute Gasteiger partial charge is 0.227 e. The molecular weight excluding hydrogens is 324 g/mol. The molecule has 1 fully saturated rings. The standard InChI is InChI=1S/C20H21F2NO2/c1-14-7-8-18(21)17(20(14)22)12-19(24)23-9-10-25-16(13-23)11-15-5-3-2-4-6-15/h2-8,16H,9-13H2,1H3. The summed E-state index contributed by atoms with van der Waals surface area (Å²) >= 11 is 0. The van der Waals surface area contributed by atoms with Crippen molar-refractivity contribution in [1.29, 1.82) is 0 Å². The van der Waals surface area contributed by atoms with E-state index < -0.39 is 11.6 Å². The van der Waals surface area contributed by atoms with E-state index in [1.165, 1.54) is 12.1 Å². The van der Waals surface area contributed by atoms with E-state index in [9.17, 15) is 13.6 Å². The zero-order chi connectivity index (χ0) is 17.8. The second-order valence-electron chi connectivity index (χ2n) is 6.36. The first-order chi connectivity index (χ1) is 12.0. The molecule has 1 saturated heterocycles. The number of carbonyl (C=O) groups is 1. The van der Waals surface area contributed by atoms with Crippen molar-refractivity contribution in [2.24, 2.45) is 0 Å². The molecule has 5 heteroatoms. The lowest BCUT2D eigenvalue weighted by Gasteiger charge is -2.33. The Hall–Kier alpha value is -2.27. The number of morpholine rings is 1. The lowest BCUT2D eigenvalue weighted by molar-refractivity contribution is -0.138. The van der Waals surface area contributed by atoms with Crippen LogP contribution in [0, 0.1) is 18.6 Å². The highest BCUT2D eigenvalue weighted by atomic mass is 19.1. The maximum atomic E-state index is 14.1.